The van der Waals surface area contributed by atoms with Gasteiger partial charge in [-0.05, 0) is 25.0 Å². The van der Waals surface area contributed by atoms with Crippen LogP contribution in [0.15, 0.2) is 4.90 Å². The van der Waals surface area contributed by atoms with Gasteiger partial charge in [0.05, 0.1) is 10.7 Å². The number of halogens is 1. The lowest BCUT2D eigenvalue weighted by Gasteiger charge is -2.13. The normalized spacial score (nSPS) is 11.7. The van der Waals surface area contributed by atoms with Gasteiger partial charge in [-0.2, -0.15) is 0 Å². The summed E-state index contributed by atoms with van der Waals surface area (Å²) in [4.78, 5) is -0.523. The number of hydrogen-bond acceptors (Lipinski definition) is 4. The van der Waals surface area contributed by atoms with Crippen molar-refractivity contribution in [1.82, 2.24) is 0 Å². The summed E-state index contributed by atoms with van der Waals surface area (Å²) in [7, 11) is -4.09. The summed E-state index contributed by atoms with van der Waals surface area (Å²) >= 11 is 5.79. The molecule has 1 aromatic carbocycles. The van der Waals surface area contributed by atoms with E-state index in [1.807, 2.05) is 0 Å². The topological polar surface area (TPSA) is 106 Å². The van der Waals surface area contributed by atoms with E-state index in [9.17, 15) is 13.5 Å². The van der Waals surface area contributed by atoms with Crippen molar-refractivity contribution in [2.24, 2.45) is 5.14 Å². The smallest absolute Gasteiger partial charge is 0.243 e. The first-order valence-corrected chi connectivity index (χ1v) is 5.90. The third kappa shape index (κ3) is 1.88. The number of benzene rings is 1. The molecule has 0 aliphatic carbocycles. The fourth-order valence-electron chi connectivity index (χ4n) is 1.20. The minimum Gasteiger partial charge on any atom is -0.504 e. The zero-order valence-electron chi connectivity index (χ0n) is 8.20. The highest BCUT2D eigenvalue weighted by Crippen LogP contribution is 2.39. The first-order chi connectivity index (χ1) is 6.68. The van der Waals surface area contributed by atoms with Crippen LogP contribution < -0.4 is 10.9 Å². The number of nitrogens with two attached hydrogens (primary N) is 2. The van der Waals surface area contributed by atoms with Crippen LogP contribution in [0, 0.1) is 13.8 Å². The van der Waals surface area contributed by atoms with E-state index in [0.717, 1.165) is 0 Å². The highest BCUT2D eigenvalue weighted by molar-refractivity contribution is 7.89. The number of hydrogen-bond donors (Lipinski definition) is 3. The van der Waals surface area contributed by atoms with Gasteiger partial charge in [-0.3, -0.25) is 0 Å². The van der Waals surface area contributed by atoms with Gasteiger partial charge in [-0.25, -0.2) is 13.6 Å². The van der Waals surface area contributed by atoms with Crippen LogP contribution in [0.25, 0.3) is 0 Å². The van der Waals surface area contributed by atoms with Crippen LogP contribution in [0.5, 0.6) is 5.75 Å². The monoisotopic (exact) mass is 250 g/mol. The molecule has 0 radical (unpaired) electrons. The molecule has 0 aliphatic heterocycles. The molecule has 0 saturated carbocycles. The van der Waals surface area contributed by atoms with Crippen molar-refractivity contribution < 1.29 is 13.5 Å². The lowest BCUT2D eigenvalue weighted by Crippen LogP contribution is -2.14. The van der Waals surface area contributed by atoms with Gasteiger partial charge in [0.1, 0.15) is 4.90 Å². The fraction of sp³-hybridized carbons (Fsp3) is 0.250. The molecule has 0 unspecified atom stereocenters. The van der Waals surface area contributed by atoms with Crippen LogP contribution in [0.4, 0.5) is 5.69 Å². The lowest BCUT2D eigenvalue weighted by atomic mass is 10.1. The van der Waals surface area contributed by atoms with E-state index in [4.69, 9.17) is 22.5 Å². The molecule has 0 saturated heterocycles. The molecule has 0 aliphatic rings. The zero-order chi connectivity index (χ0) is 12.0. The molecule has 0 spiro atoms. The van der Waals surface area contributed by atoms with Crippen LogP contribution in [-0.4, -0.2) is 13.5 Å². The molecule has 0 fully saturated rings. The Bertz CT molecular complexity index is 496. The number of rotatable bonds is 1. The van der Waals surface area contributed by atoms with Crippen molar-refractivity contribution in [2.75, 3.05) is 5.73 Å². The van der Waals surface area contributed by atoms with Crippen LogP contribution >= 0.6 is 11.6 Å². The highest BCUT2D eigenvalue weighted by Gasteiger charge is 2.24. The summed E-state index contributed by atoms with van der Waals surface area (Å²) in [6.07, 6.45) is 0. The Morgan fingerprint density at radius 1 is 1.27 bits per heavy atom. The van der Waals surface area contributed by atoms with Crippen LogP contribution in [0.1, 0.15) is 11.1 Å². The molecule has 5 nitrogen and oxygen atoms in total. The Morgan fingerprint density at radius 3 is 2.13 bits per heavy atom. The zero-order valence-corrected chi connectivity index (χ0v) is 9.78. The van der Waals surface area contributed by atoms with Crippen molar-refractivity contribution in [1.29, 1.82) is 0 Å². The molecule has 0 atom stereocenters. The lowest BCUT2D eigenvalue weighted by molar-refractivity contribution is 0.461. The molecular formula is C8H11ClN2O3S. The molecule has 0 amide bonds. The van der Waals surface area contributed by atoms with Crippen molar-refractivity contribution in [3.05, 3.63) is 16.1 Å². The van der Waals surface area contributed by atoms with Gasteiger partial charge >= 0.3 is 0 Å². The minimum absolute atomic E-state index is 0.0269. The SMILES string of the molecule is Cc1c(C)c(Cl)c(S(N)(=O)=O)c(O)c1N. The van der Waals surface area contributed by atoms with Crippen LogP contribution in [-0.2, 0) is 10.0 Å². The van der Waals surface area contributed by atoms with Crippen molar-refractivity contribution in [3.63, 3.8) is 0 Å². The number of phenols is 1. The average molecular weight is 251 g/mol. The largest absolute Gasteiger partial charge is 0.504 e. The molecule has 1 rings (SSSR count). The number of sulfonamides is 1. The van der Waals surface area contributed by atoms with Crippen LogP contribution in [0.3, 0.4) is 0 Å². The van der Waals surface area contributed by atoms with Gasteiger partial charge in [-0.15, -0.1) is 0 Å². The number of phenolic OH excluding ortho intramolecular Hbond substituents is 1. The van der Waals surface area contributed by atoms with Gasteiger partial charge in [0, 0.05) is 0 Å². The van der Waals surface area contributed by atoms with Crippen LogP contribution in [0.2, 0.25) is 5.02 Å². The van der Waals surface area contributed by atoms with E-state index >= 15 is 0 Å². The van der Waals surface area contributed by atoms with Crippen molar-refractivity contribution in [3.8, 4) is 5.75 Å². The second kappa shape index (κ2) is 3.55. The molecule has 1 aromatic rings. The van der Waals surface area contributed by atoms with E-state index < -0.39 is 20.7 Å². The maximum atomic E-state index is 11.2. The van der Waals surface area contributed by atoms with Gasteiger partial charge in [0.15, 0.2) is 5.75 Å². The summed E-state index contributed by atoms with van der Waals surface area (Å²) in [6, 6.07) is 0. The first-order valence-electron chi connectivity index (χ1n) is 3.97. The number of primary sulfonamides is 1. The Hall–Kier alpha value is -0.980. The van der Waals surface area contributed by atoms with E-state index in [1.165, 1.54) is 0 Å². The van der Waals surface area contributed by atoms with Gasteiger partial charge in [0.2, 0.25) is 10.0 Å². The minimum atomic E-state index is -4.09. The van der Waals surface area contributed by atoms with E-state index in [0.29, 0.717) is 11.1 Å². The summed E-state index contributed by atoms with van der Waals surface area (Å²) in [5, 5.41) is 14.4. The quantitative estimate of drug-likeness (QED) is 0.508. The van der Waals surface area contributed by atoms with E-state index in [2.05, 4.69) is 0 Å². The molecular weight excluding hydrogens is 240 g/mol. The Morgan fingerprint density at radius 2 is 1.73 bits per heavy atom. The number of aromatic hydroxyl groups is 1. The molecule has 5 N–H and O–H groups in total. The predicted molar refractivity (Wildman–Crippen MR) is 58.4 cm³/mol. The van der Waals surface area contributed by atoms with Crippen molar-refractivity contribution >= 4 is 27.3 Å². The predicted octanol–water partition coefficient (Wildman–Crippen LogP) is 0.892. The molecule has 0 heterocycles. The second-order valence-electron chi connectivity index (χ2n) is 3.20. The molecule has 84 valence electrons. The maximum Gasteiger partial charge on any atom is 0.243 e. The number of nitrogen functional groups attached to an aromatic ring is 1. The fourth-order valence-corrected chi connectivity index (χ4v) is 2.54. The third-order valence-corrected chi connectivity index (χ3v) is 3.80. The van der Waals surface area contributed by atoms with Gasteiger partial charge < -0.3 is 10.8 Å². The summed E-state index contributed by atoms with van der Waals surface area (Å²) < 4.78 is 22.3. The molecule has 7 heteroatoms. The maximum absolute atomic E-state index is 11.2. The Labute approximate surface area is 92.7 Å². The summed E-state index contributed by atoms with van der Waals surface area (Å²) in [5.41, 5.74) is 6.51. The molecule has 0 bridgehead atoms. The summed E-state index contributed by atoms with van der Waals surface area (Å²) in [6.45, 7) is 3.23. The Balaban J connectivity index is 3.84. The third-order valence-electron chi connectivity index (χ3n) is 2.25. The van der Waals surface area contributed by atoms with Gasteiger partial charge in [0.25, 0.3) is 0 Å². The highest BCUT2D eigenvalue weighted by atomic mass is 35.5. The number of anilines is 1. The second-order valence-corrected chi connectivity index (χ2v) is 5.08. The average Bonchev–Trinajstić information content (AvgIpc) is 2.09. The molecule has 15 heavy (non-hydrogen) atoms. The molecule has 0 aromatic heterocycles. The van der Waals surface area contributed by atoms with E-state index in [1.54, 1.807) is 13.8 Å². The van der Waals surface area contributed by atoms with E-state index in [-0.39, 0.29) is 10.7 Å². The summed E-state index contributed by atoms with van der Waals surface area (Å²) in [5.74, 6) is -0.592. The van der Waals surface area contributed by atoms with Gasteiger partial charge in [-0.1, -0.05) is 11.6 Å². The standard InChI is InChI=1S/C8H11ClN2O3S/c1-3-4(2)6(10)7(12)8(5(3)9)15(11,13)14/h12H,10H2,1-2H3,(H2,11,13,14). The Kier molecular flexibility index (Phi) is 2.86. The first kappa shape index (κ1) is 12.1. The van der Waals surface area contributed by atoms with Crippen molar-refractivity contribution in [2.45, 2.75) is 18.7 Å².